The summed E-state index contributed by atoms with van der Waals surface area (Å²) in [5.41, 5.74) is -0.356. The molecule has 2 rings (SSSR count). The van der Waals surface area contributed by atoms with E-state index in [1.807, 2.05) is 13.8 Å². The van der Waals surface area contributed by atoms with Gasteiger partial charge in [-0.2, -0.15) is 13.2 Å². The molecule has 0 fully saturated rings. The van der Waals surface area contributed by atoms with Crippen LogP contribution in [-0.2, 0) is 6.18 Å². The molecule has 0 atom stereocenters. The van der Waals surface area contributed by atoms with Crippen LogP contribution in [0, 0.1) is 5.92 Å². The van der Waals surface area contributed by atoms with Gasteiger partial charge in [0.25, 0.3) is 5.91 Å². The van der Waals surface area contributed by atoms with Gasteiger partial charge in [0.05, 0.1) is 12.2 Å². The number of thiocarbonyl (C=S) groups is 1. The minimum Gasteiger partial charge on any atom is -0.493 e. The maximum atomic E-state index is 12.7. The molecule has 0 unspecified atom stereocenters. The van der Waals surface area contributed by atoms with E-state index >= 15 is 0 Å². The molecule has 0 aliphatic carbocycles. The molecular formula is C19H19F3N2O2S. The van der Waals surface area contributed by atoms with Crippen molar-refractivity contribution in [3.05, 3.63) is 59.7 Å². The highest BCUT2D eigenvalue weighted by atomic mass is 32.1. The van der Waals surface area contributed by atoms with E-state index in [1.54, 1.807) is 24.3 Å². The van der Waals surface area contributed by atoms with Crippen molar-refractivity contribution in [3.8, 4) is 5.75 Å². The first-order valence-corrected chi connectivity index (χ1v) is 8.58. The molecule has 0 heterocycles. The van der Waals surface area contributed by atoms with Crippen molar-refractivity contribution in [1.82, 2.24) is 5.32 Å². The van der Waals surface area contributed by atoms with E-state index in [4.69, 9.17) is 17.0 Å². The fourth-order valence-corrected chi connectivity index (χ4v) is 2.31. The Morgan fingerprint density at radius 3 is 2.52 bits per heavy atom. The Labute approximate surface area is 160 Å². The number of alkyl halides is 3. The summed E-state index contributed by atoms with van der Waals surface area (Å²) in [5.74, 6) is 0.398. The zero-order chi connectivity index (χ0) is 20.0. The Hall–Kier alpha value is -2.61. The Morgan fingerprint density at radius 1 is 1.15 bits per heavy atom. The first kappa shape index (κ1) is 20.7. The molecule has 1 amide bonds. The minimum absolute atomic E-state index is 0.104. The average Bonchev–Trinajstić information content (AvgIpc) is 2.59. The largest absolute Gasteiger partial charge is 0.493 e. The van der Waals surface area contributed by atoms with Crippen LogP contribution in [0.1, 0.15) is 29.8 Å². The zero-order valence-corrected chi connectivity index (χ0v) is 15.6. The highest BCUT2D eigenvalue weighted by molar-refractivity contribution is 7.80. The molecule has 4 nitrogen and oxygen atoms in total. The lowest BCUT2D eigenvalue weighted by molar-refractivity contribution is -0.137. The number of carbonyl (C=O) groups excluding carboxylic acids is 1. The number of anilines is 1. The number of rotatable bonds is 5. The second kappa shape index (κ2) is 8.85. The van der Waals surface area contributed by atoms with Crippen LogP contribution in [-0.4, -0.2) is 17.6 Å². The van der Waals surface area contributed by atoms with Crippen LogP contribution in [0.4, 0.5) is 18.9 Å². The van der Waals surface area contributed by atoms with Crippen LogP contribution >= 0.6 is 12.2 Å². The lowest BCUT2D eigenvalue weighted by Crippen LogP contribution is -2.34. The molecule has 2 aromatic carbocycles. The highest BCUT2D eigenvalue weighted by Crippen LogP contribution is 2.30. The third-order valence-electron chi connectivity index (χ3n) is 3.35. The lowest BCUT2D eigenvalue weighted by atomic mass is 10.2. The predicted molar refractivity (Wildman–Crippen MR) is 102 cm³/mol. The fourth-order valence-electron chi connectivity index (χ4n) is 2.10. The number of nitrogens with one attached hydrogen (secondary N) is 2. The van der Waals surface area contributed by atoms with Crippen LogP contribution in [0.25, 0.3) is 0 Å². The quantitative estimate of drug-likeness (QED) is 0.709. The molecule has 2 N–H and O–H groups in total. The first-order chi connectivity index (χ1) is 12.6. The fraction of sp³-hybridized carbons (Fsp3) is 0.263. The van der Waals surface area contributed by atoms with Gasteiger partial charge in [0.1, 0.15) is 5.75 Å². The van der Waals surface area contributed by atoms with Gasteiger partial charge in [-0.1, -0.05) is 26.0 Å². The van der Waals surface area contributed by atoms with Crippen molar-refractivity contribution < 1.29 is 22.7 Å². The molecule has 0 saturated carbocycles. The van der Waals surface area contributed by atoms with E-state index in [-0.39, 0.29) is 10.8 Å². The van der Waals surface area contributed by atoms with Crippen LogP contribution in [0.2, 0.25) is 0 Å². The standard InChI is InChI=1S/C19H19F3N2O2S/c1-12(2)11-26-16-8-3-5-13(9-16)17(25)24-18(27)23-15-7-4-6-14(10-15)19(20,21)22/h3-10,12H,11H2,1-2H3,(H2,23,24,25,27). The Morgan fingerprint density at radius 2 is 1.85 bits per heavy atom. The summed E-state index contributed by atoms with van der Waals surface area (Å²) < 4.78 is 43.8. The molecule has 0 aliphatic rings. The summed E-state index contributed by atoms with van der Waals surface area (Å²) in [6.07, 6.45) is -4.46. The topological polar surface area (TPSA) is 50.4 Å². The van der Waals surface area contributed by atoms with Gasteiger partial charge in [-0.25, -0.2) is 0 Å². The van der Waals surface area contributed by atoms with Crippen molar-refractivity contribution >= 4 is 28.9 Å². The molecule has 0 saturated heterocycles. The molecule has 2 aromatic rings. The minimum atomic E-state index is -4.46. The monoisotopic (exact) mass is 396 g/mol. The Balaban J connectivity index is 2.00. The predicted octanol–water partition coefficient (Wildman–Crippen LogP) is 4.87. The third-order valence-corrected chi connectivity index (χ3v) is 3.56. The first-order valence-electron chi connectivity index (χ1n) is 8.17. The SMILES string of the molecule is CC(C)COc1cccc(C(=O)NC(=S)Nc2cccc(C(F)(F)F)c2)c1. The lowest BCUT2D eigenvalue weighted by Gasteiger charge is -2.13. The van der Waals surface area contributed by atoms with E-state index in [9.17, 15) is 18.0 Å². The third kappa shape index (κ3) is 6.56. The summed E-state index contributed by atoms with van der Waals surface area (Å²) in [7, 11) is 0. The summed E-state index contributed by atoms with van der Waals surface area (Å²) in [6.45, 7) is 4.53. The number of benzene rings is 2. The van der Waals surface area contributed by atoms with Crippen LogP contribution < -0.4 is 15.4 Å². The average molecular weight is 396 g/mol. The second-order valence-corrected chi connectivity index (χ2v) is 6.63. The van der Waals surface area contributed by atoms with Gasteiger partial charge in [-0.15, -0.1) is 0 Å². The summed E-state index contributed by atoms with van der Waals surface area (Å²) in [4.78, 5) is 12.3. The molecule has 0 aliphatic heterocycles. The van der Waals surface area contributed by atoms with E-state index < -0.39 is 17.6 Å². The molecule has 0 radical (unpaired) electrons. The van der Waals surface area contributed by atoms with Crippen molar-refractivity contribution in [2.75, 3.05) is 11.9 Å². The van der Waals surface area contributed by atoms with Gasteiger partial charge in [0, 0.05) is 11.3 Å². The van der Waals surface area contributed by atoms with Crippen molar-refractivity contribution in [1.29, 1.82) is 0 Å². The smallest absolute Gasteiger partial charge is 0.416 e. The van der Waals surface area contributed by atoms with E-state index in [0.29, 0.717) is 23.8 Å². The van der Waals surface area contributed by atoms with Gasteiger partial charge in [0.15, 0.2) is 5.11 Å². The number of halogens is 3. The highest BCUT2D eigenvalue weighted by Gasteiger charge is 2.30. The van der Waals surface area contributed by atoms with Crippen molar-refractivity contribution in [2.24, 2.45) is 5.92 Å². The molecule has 0 spiro atoms. The molecule has 144 valence electrons. The van der Waals surface area contributed by atoms with Gasteiger partial charge in [0.2, 0.25) is 0 Å². The Kier molecular flexibility index (Phi) is 6.79. The number of hydrogen-bond donors (Lipinski definition) is 2. The van der Waals surface area contributed by atoms with Crippen LogP contribution in [0.3, 0.4) is 0 Å². The summed E-state index contributed by atoms with van der Waals surface area (Å²) in [6, 6.07) is 11.1. The van der Waals surface area contributed by atoms with Crippen LogP contribution in [0.15, 0.2) is 48.5 Å². The van der Waals surface area contributed by atoms with Crippen molar-refractivity contribution in [2.45, 2.75) is 20.0 Å². The van der Waals surface area contributed by atoms with E-state index in [0.717, 1.165) is 12.1 Å². The van der Waals surface area contributed by atoms with E-state index in [1.165, 1.54) is 12.1 Å². The van der Waals surface area contributed by atoms with Crippen molar-refractivity contribution in [3.63, 3.8) is 0 Å². The molecule has 0 bridgehead atoms. The normalized spacial score (nSPS) is 11.2. The molecule has 8 heteroatoms. The Bertz CT molecular complexity index is 823. The van der Waals surface area contributed by atoms with Gasteiger partial charge >= 0.3 is 6.18 Å². The van der Waals surface area contributed by atoms with Gasteiger partial charge in [-0.3, -0.25) is 10.1 Å². The number of ether oxygens (including phenoxy) is 1. The molecule has 0 aromatic heterocycles. The maximum absolute atomic E-state index is 12.7. The van der Waals surface area contributed by atoms with E-state index in [2.05, 4.69) is 10.6 Å². The van der Waals surface area contributed by atoms with Gasteiger partial charge in [-0.05, 0) is 54.5 Å². The molecule has 27 heavy (non-hydrogen) atoms. The number of carbonyl (C=O) groups is 1. The van der Waals surface area contributed by atoms with Crippen LogP contribution in [0.5, 0.6) is 5.75 Å². The second-order valence-electron chi connectivity index (χ2n) is 6.22. The number of hydrogen-bond acceptors (Lipinski definition) is 3. The summed E-state index contributed by atoms with van der Waals surface area (Å²) in [5, 5.41) is 4.91. The summed E-state index contributed by atoms with van der Waals surface area (Å²) >= 11 is 5.01. The zero-order valence-electron chi connectivity index (χ0n) is 14.8. The number of amides is 1. The maximum Gasteiger partial charge on any atom is 0.416 e. The van der Waals surface area contributed by atoms with Gasteiger partial charge < -0.3 is 10.1 Å². The molecular weight excluding hydrogens is 377 g/mol.